The minimum Gasteiger partial charge on any atom is -0.490 e. The van der Waals surface area contributed by atoms with E-state index in [-0.39, 0.29) is 30.5 Å². The fourth-order valence-electron chi connectivity index (χ4n) is 3.96. The van der Waals surface area contributed by atoms with Crippen molar-refractivity contribution in [1.29, 1.82) is 0 Å². The van der Waals surface area contributed by atoms with E-state index in [0.29, 0.717) is 35.8 Å². The number of Topliss-reactive ketones (excluding diaryl/α,β-unsaturated/α-hetero) is 1. The Labute approximate surface area is 164 Å². The molecule has 0 spiro atoms. The van der Waals surface area contributed by atoms with Crippen LogP contribution in [-0.2, 0) is 6.42 Å². The molecule has 1 aromatic carbocycles. The predicted molar refractivity (Wildman–Crippen MR) is 106 cm³/mol. The number of aromatic nitrogens is 2. The lowest BCUT2D eigenvalue weighted by atomic mass is 9.93. The first-order valence-corrected chi connectivity index (χ1v) is 8.99. The fourth-order valence-corrected chi connectivity index (χ4v) is 3.96. The number of aliphatic hydroxyl groups excluding tert-OH is 1. The van der Waals surface area contributed by atoms with E-state index in [9.17, 15) is 9.90 Å². The van der Waals surface area contributed by atoms with Crippen molar-refractivity contribution in [2.24, 2.45) is 0 Å². The smallest absolute Gasteiger partial charge is 0.182 e. The monoisotopic (exact) mass is 386 g/mol. The summed E-state index contributed by atoms with van der Waals surface area (Å²) in [6.07, 6.45) is 2.19. The average Bonchev–Trinajstić information content (AvgIpc) is 3.12. The molecule has 27 heavy (non-hydrogen) atoms. The molecule has 2 heterocycles. The second-order valence-corrected chi connectivity index (χ2v) is 6.75. The number of nitrogens with zero attached hydrogens (tertiary/aromatic N) is 2. The molecular formula is C21H23ClN2O3. The molecule has 3 aromatic rings. The number of ketones is 1. The Balaban J connectivity index is 0.00000210. The number of imidazole rings is 1. The molecule has 0 amide bonds. The van der Waals surface area contributed by atoms with E-state index in [0.717, 1.165) is 11.1 Å². The highest BCUT2D eigenvalue weighted by atomic mass is 35.5. The summed E-state index contributed by atoms with van der Waals surface area (Å²) in [6.45, 7) is 4.30. The van der Waals surface area contributed by atoms with Crippen molar-refractivity contribution in [2.75, 3.05) is 6.61 Å². The molecule has 1 aliphatic rings. The number of hydrogen-bond donors (Lipinski definition) is 1. The number of benzene rings is 1. The number of pyridine rings is 1. The Kier molecular flexibility index (Phi) is 5.53. The van der Waals surface area contributed by atoms with E-state index >= 15 is 0 Å². The predicted octanol–water partition coefficient (Wildman–Crippen LogP) is 3.74. The lowest BCUT2D eigenvalue weighted by molar-refractivity contribution is 0.0915. The topological polar surface area (TPSA) is 63.8 Å². The standard InChI is InChI=1S/C21H22N2O3.ClH/c1-3-26-19-9-6-10-23-20(13(2)22-21(19)23)18(25)12-16-15-8-5-4-7-14(15)11-17(16)24;/h4-10,16-17,24H,3,11-12H2,1-2H3;1H/t16-,17-;/m1./s1. The van der Waals surface area contributed by atoms with Crippen LogP contribution in [0.1, 0.15) is 46.6 Å². The zero-order chi connectivity index (χ0) is 18.3. The summed E-state index contributed by atoms with van der Waals surface area (Å²) in [4.78, 5) is 17.7. The molecular weight excluding hydrogens is 364 g/mol. The van der Waals surface area contributed by atoms with E-state index in [4.69, 9.17) is 4.74 Å². The van der Waals surface area contributed by atoms with Gasteiger partial charge in [0, 0.05) is 18.5 Å². The zero-order valence-electron chi connectivity index (χ0n) is 15.4. The van der Waals surface area contributed by atoms with Crippen LogP contribution in [0.25, 0.3) is 5.65 Å². The Morgan fingerprint density at radius 2 is 2.07 bits per heavy atom. The number of carbonyl (C=O) groups is 1. The molecule has 5 nitrogen and oxygen atoms in total. The van der Waals surface area contributed by atoms with Gasteiger partial charge in [0.05, 0.1) is 18.4 Å². The van der Waals surface area contributed by atoms with E-state index < -0.39 is 6.10 Å². The van der Waals surface area contributed by atoms with Crippen molar-refractivity contribution in [1.82, 2.24) is 9.38 Å². The van der Waals surface area contributed by atoms with Gasteiger partial charge in [-0.3, -0.25) is 9.20 Å². The molecule has 0 fully saturated rings. The molecule has 0 bridgehead atoms. The molecule has 0 saturated heterocycles. The summed E-state index contributed by atoms with van der Waals surface area (Å²) < 4.78 is 7.43. The van der Waals surface area contributed by atoms with Crippen LogP contribution in [0.15, 0.2) is 42.6 Å². The third kappa shape index (κ3) is 3.33. The average molecular weight is 387 g/mol. The summed E-state index contributed by atoms with van der Waals surface area (Å²) in [5, 5.41) is 10.5. The number of fused-ring (bicyclic) bond motifs is 2. The van der Waals surface area contributed by atoms with Crippen molar-refractivity contribution in [3.63, 3.8) is 0 Å². The zero-order valence-corrected chi connectivity index (χ0v) is 16.2. The highest BCUT2D eigenvalue weighted by Crippen LogP contribution is 2.37. The normalized spacial score (nSPS) is 18.2. The quantitative estimate of drug-likeness (QED) is 0.678. The minimum atomic E-state index is -0.519. The molecule has 1 N–H and O–H groups in total. The Bertz CT molecular complexity index is 983. The van der Waals surface area contributed by atoms with Crippen LogP contribution < -0.4 is 4.74 Å². The van der Waals surface area contributed by atoms with Crippen LogP contribution in [-0.4, -0.2) is 33.0 Å². The van der Waals surface area contributed by atoms with Gasteiger partial charge in [-0.1, -0.05) is 24.3 Å². The van der Waals surface area contributed by atoms with Gasteiger partial charge in [-0.15, -0.1) is 12.4 Å². The van der Waals surface area contributed by atoms with E-state index in [2.05, 4.69) is 4.98 Å². The number of rotatable bonds is 5. The Morgan fingerprint density at radius 1 is 1.30 bits per heavy atom. The van der Waals surface area contributed by atoms with Gasteiger partial charge >= 0.3 is 0 Å². The Morgan fingerprint density at radius 3 is 2.85 bits per heavy atom. The third-order valence-electron chi connectivity index (χ3n) is 5.11. The summed E-state index contributed by atoms with van der Waals surface area (Å²) >= 11 is 0. The minimum absolute atomic E-state index is 0. The van der Waals surface area contributed by atoms with Crippen molar-refractivity contribution in [3.8, 4) is 5.75 Å². The van der Waals surface area contributed by atoms with Gasteiger partial charge in [0.1, 0.15) is 5.69 Å². The van der Waals surface area contributed by atoms with E-state index in [1.165, 1.54) is 0 Å². The first kappa shape index (κ1) is 19.4. The Hall–Kier alpha value is -2.37. The molecule has 142 valence electrons. The van der Waals surface area contributed by atoms with Gasteiger partial charge in [0.15, 0.2) is 17.2 Å². The van der Waals surface area contributed by atoms with Crippen molar-refractivity contribution in [3.05, 3.63) is 65.1 Å². The molecule has 0 saturated carbocycles. The maximum absolute atomic E-state index is 13.1. The summed E-state index contributed by atoms with van der Waals surface area (Å²) in [6, 6.07) is 11.7. The molecule has 0 aliphatic heterocycles. The van der Waals surface area contributed by atoms with Gasteiger partial charge < -0.3 is 9.84 Å². The van der Waals surface area contributed by atoms with E-state index in [1.54, 1.807) is 4.40 Å². The van der Waals surface area contributed by atoms with Crippen molar-refractivity contribution < 1.29 is 14.6 Å². The van der Waals surface area contributed by atoms with Crippen LogP contribution in [0.4, 0.5) is 0 Å². The highest BCUT2D eigenvalue weighted by molar-refractivity contribution is 5.97. The lowest BCUT2D eigenvalue weighted by Crippen LogP contribution is -2.18. The van der Waals surface area contributed by atoms with Crippen LogP contribution in [0.2, 0.25) is 0 Å². The first-order valence-electron chi connectivity index (χ1n) is 8.99. The molecule has 0 radical (unpaired) electrons. The summed E-state index contributed by atoms with van der Waals surface area (Å²) in [5.41, 5.74) is 4.12. The lowest BCUT2D eigenvalue weighted by Gasteiger charge is -2.15. The molecule has 4 rings (SSSR count). The number of ether oxygens (including phenoxy) is 1. The largest absolute Gasteiger partial charge is 0.490 e. The van der Waals surface area contributed by atoms with Gasteiger partial charge in [0.2, 0.25) is 0 Å². The van der Waals surface area contributed by atoms with Gasteiger partial charge in [-0.05, 0) is 43.5 Å². The number of aliphatic hydroxyl groups is 1. The number of aryl methyl sites for hydroxylation is 1. The second kappa shape index (κ2) is 7.71. The first-order chi connectivity index (χ1) is 12.6. The molecule has 2 atom stereocenters. The summed E-state index contributed by atoms with van der Waals surface area (Å²) in [5.74, 6) is 0.492. The molecule has 0 unspecified atom stereocenters. The van der Waals surface area contributed by atoms with Crippen LogP contribution in [0, 0.1) is 6.92 Å². The highest BCUT2D eigenvalue weighted by Gasteiger charge is 2.33. The number of carbonyl (C=O) groups excluding carboxylic acids is 1. The van der Waals surface area contributed by atoms with Crippen LogP contribution in [0.5, 0.6) is 5.75 Å². The molecule has 2 aromatic heterocycles. The van der Waals surface area contributed by atoms with Crippen molar-refractivity contribution >= 4 is 23.8 Å². The maximum Gasteiger partial charge on any atom is 0.182 e. The van der Waals surface area contributed by atoms with Gasteiger partial charge in [0.25, 0.3) is 0 Å². The summed E-state index contributed by atoms with van der Waals surface area (Å²) in [7, 11) is 0. The third-order valence-corrected chi connectivity index (χ3v) is 5.11. The maximum atomic E-state index is 13.1. The second-order valence-electron chi connectivity index (χ2n) is 6.75. The van der Waals surface area contributed by atoms with Gasteiger partial charge in [-0.2, -0.15) is 0 Å². The molecule has 1 aliphatic carbocycles. The van der Waals surface area contributed by atoms with Crippen LogP contribution in [0.3, 0.4) is 0 Å². The van der Waals surface area contributed by atoms with Crippen molar-refractivity contribution in [2.45, 2.75) is 38.7 Å². The SMILES string of the molecule is CCOc1cccn2c(C(=O)C[C@@H]3c4ccccc4C[C@H]3O)c(C)nc12.Cl. The molecule has 6 heteroatoms. The van der Waals surface area contributed by atoms with E-state index in [1.807, 2.05) is 56.4 Å². The van der Waals surface area contributed by atoms with Crippen LogP contribution >= 0.6 is 12.4 Å². The fraction of sp³-hybridized carbons (Fsp3) is 0.333. The number of hydrogen-bond acceptors (Lipinski definition) is 4. The van der Waals surface area contributed by atoms with Gasteiger partial charge in [-0.25, -0.2) is 4.98 Å². The number of halogens is 1.